The van der Waals surface area contributed by atoms with Crippen LogP contribution in [0.3, 0.4) is 0 Å². The first-order valence-electron chi connectivity index (χ1n) is 6.91. The van der Waals surface area contributed by atoms with Gasteiger partial charge in [0.05, 0.1) is 24.1 Å². The highest BCUT2D eigenvalue weighted by molar-refractivity contribution is 5.97. The second kappa shape index (κ2) is 6.88. The predicted octanol–water partition coefficient (Wildman–Crippen LogP) is 1.42. The standard InChI is InChI=1S/C14H17N3O5/c1-22-14(19)11-8-10(17(20)21)4-5-12(11)15-9-13(18)16-6-2-3-7-16/h4-5,8,15H,2-3,6-7,9H2,1H3. The number of nitro benzene ring substituents is 1. The molecule has 8 heteroatoms. The minimum atomic E-state index is -0.695. The Morgan fingerprint density at radius 3 is 2.64 bits per heavy atom. The molecule has 1 amide bonds. The molecule has 8 nitrogen and oxygen atoms in total. The molecule has 1 heterocycles. The van der Waals surface area contributed by atoms with E-state index in [2.05, 4.69) is 10.1 Å². The van der Waals surface area contributed by atoms with Crippen LogP contribution in [0.25, 0.3) is 0 Å². The van der Waals surface area contributed by atoms with E-state index < -0.39 is 10.9 Å². The van der Waals surface area contributed by atoms with Crippen LogP contribution in [-0.2, 0) is 9.53 Å². The van der Waals surface area contributed by atoms with Crippen LogP contribution in [0.15, 0.2) is 18.2 Å². The number of likely N-dealkylation sites (tertiary alicyclic amines) is 1. The predicted molar refractivity (Wildman–Crippen MR) is 78.7 cm³/mol. The summed E-state index contributed by atoms with van der Waals surface area (Å²) in [4.78, 5) is 35.7. The summed E-state index contributed by atoms with van der Waals surface area (Å²) in [5.41, 5.74) is 0.160. The first-order chi connectivity index (χ1) is 10.5. The topological polar surface area (TPSA) is 102 Å². The Hall–Kier alpha value is -2.64. The van der Waals surface area contributed by atoms with Crippen molar-refractivity contribution in [1.29, 1.82) is 0 Å². The van der Waals surface area contributed by atoms with Gasteiger partial charge in [0.1, 0.15) is 0 Å². The maximum Gasteiger partial charge on any atom is 0.340 e. The first kappa shape index (κ1) is 15.7. The highest BCUT2D eigenvalue weighted by Crippen LogP contribution is 2.23. The molecule has 0 aliphatic carbocycles. The van der Waals surface area contributed by atoms with Crippen LogP contribution in [0.2, 0.25) is 0 Å². The number of carbonyl (C=O) groups excluding carboxylic acids is 2. The lowest BCUT2D eigenvalue weighted by atomic mass is 10.1. The number of nitro groups is 1. The number of nitrogens with one attached hydrogen (secondary N) is 1. The minimum Gasteiger partial charge on any atom is -0.465 e. The normalized spacial score (nSPS) is 13.8. The van der Waals surface area contributed by atoms with Gasteiger partial charge in [-0.15, -0.1) is 0 Å². The highest BCUT2D eigenvalue weighted by Gasteiger charge is 2.20. The maximum atomic E-state index is 12.0. The Labute approximate surface area is 127 Å². The molecule has 0 saturated carbocycles. The number of benzene rings is 1. The molecule has 118 valence electrons. The van der Waals surface area contributed by atoms with Crippen molar-refractivity contribution < 1.29 is 19.2 Å². The summed E-state index contributed by atoms with van der Waals surface area (Å²) in [6, 6.07) is 3.81. The molecule has 1 fully saturated rings. The molecule has 0 unspecified atom stereocenters. The van der Waals surface area contributed by atoms with Crippen molar-refractivity contribution >= 4 is 23.3 Å². The smallest absolute Gasteiger partial charge is 0.340 e. The molecule has 0 aromatic heterocycles. The first-order valence-corrected chi connectivity index (χ1v) is 6.91. The van der Waals surface area contributed by atoms with Crippen molar-refractivity contribution in [1.82, 2.24) is 4.90 Å². The number of carbonyl (C=O) groups is 2. The molecule has 1 aromatic rings. The van der Waals surface area contributed by atoms with E-state index in [4.69, 9.17) is 0 Å². The number of hydrogen-bond donors (Lipinski definition) is 1. The van der Waals surface area contributed by atoms with Gasteiger partial charge in [0.25, 0.3) is 5.69 Å². The van der Waals surface area contributed by atoms with Gasteiger partial charge in [-0.1, -0.05) is 0 Å². The maximum absolute atomic E-state index is 12.0. The lowest BCUT2D eigenvalue weighted by Gasteiger charge is -2.16. The highest BCUT2D eigenvalue weighted by atomic mass is 16.6. The van der Waals surface area contributed by atoms with Crippen LogP contribution in [-0.4, -0.2) is 48.4 Å². The van der Waals surface area contributed by atoms with Crippen molar-refractivity contribution in [2.45, 2.75) is 12.8 Å². The van der Waals surface area contributed by atoms with E-state index in [9.17, 15) is 19.7 Å². The van der Waals surface area contributed by atoms with Crippen molar-refractivity contribution in [3.8, 4) is 0 Å². The van der Waals surface area contributed by atoms with Crippen LogP contribution in [0.4, 0.5) is 11.4 Å². The Balaban J connectivity index is 2.13. The van der Waals surface area contributed by atoms with Gasteiger partial charge < -0.3 is 15.0 Å². The summed E-state index contributed by atoms with van der Waals surface area (Å²) in [7, 11) is 1.19. The van der Waals surface area contributed by atoms with Crippen molar-refractivity contribution in [2.75, 3.05) is 32.1 Å². The number of ether oxygens (including phenoxy) is 1. The number of esters is 1. The number of methoxy groups -OCH3 is 1. The van der Waals surface area contributed by atoms with Crippen molar-refractivity contribution in [3.05, 3.63) is 33.9 Å². The number of non-ortho nitro benzene ring substituents is 1. The Morgan fingerprint density at radius 2 is 2.05 bits per heavy atom. The number of hydrogen-bond acceptors (Lipinski definition) is 6. The van der Waals surface area contributed by atoms with Crippen molar-refractivity contribution in [3.63, 3.8) is 0 Å². The summed E-state index contributed by atoms with van der Waals surface area (Å²) in [6.45, 7) is 1.51. The second-order valence-electron chi connectivity index (χ2n) is 4.92. The molecule has 1 aromatic carbocycles. The van der Waals surface area contributed by atoms with E-state index in [1.165, 1.54) is 19.2 Å². The molecule has 1 saturated heterocycles. The van der Waals surface area contributed by atoms with Crippen LogP contribution < -0.4 is 5.32 Å². The van der Waals surface area contributed by atoms with Gasteiger partial charge in [-0.2, -0.15) is 0 Å². The summed E-state index contributed by atoms with van der Waals surface area (Å²) >= 11 is 0. The SMILES string of the molecule is COC(=O)c1cc([N+](=O)[O-])ccc1NCC(=O)N1CCCC1. The van der Waals surface area contributed by atoms with Gasteiger partial charge in [0, 0.05) is 30.9 Å². The molecular weight excluding hydrogens is 290 g/mol. The zero-order valence-electron chi connectivity index (χ0n) is 12.2. The average molecular weight is 307 g/mol. The molecule has 1 N–H and O–H groups in total. The molecule has 1 aliphatic rings. The van der Waals surface area contributed by atoms with E-state index in [1.54, 1.807) is 4.90 Å². The van der Waals surface area contributed by atoms with E-state index >= 15 is 0 Å². The number of amides is 1. The third-order valence-electron chi connectivity index (χ3n) is 3.51. The molecule has 22 heavy (non-hydrogen) atoms. The fraction of sp³-hybridized carbons (Fsp3) is 0.429. The molecule has 0 atom stereocenters. The summed E-state index contributed by atoms with van der Waals surface area (Å²) in [5.74, 6) is -0.758. The van der Waals surface area contributed by atoms with Crippen LogP contribution >= 0.6 is 0 Å². The Bertz CT molecular complexity index is 596. The van der Waals surface area contributed by atoms with Gasteiger partial charge in [-0.25, -0.2) is 4.79 Å². The molecular formula is C14H17N3O5. The minimum absolute atomic E-state index is 0.0296. The molecule has 1 aliphatic heterocycles. The lowest BCUT2D eigenvalue weighted by Crippen LogP contribution is -2.33. The second-order valence-corrected chi connectivity index (χ2v) is 4.92. The van der Waals surface area contributed by atoms with Gasteiger partial charge >= 0.3 is 5.97 Å². The van der Waals surface area contributed by atoms with Crippen LogP contribution in [0, 0.1) is 10.1 Å². The van der Waals surface area contributed by atoms with Crippen LogP contribution in [0.5, 0.6) is 0 Å². The fourth-order valence-corrected chi connectivity index (χ4v) is 2.33. The molecule has 2 rings (SSSR count). The number of rotatable bonds is 5. The fourth-order valence-electron chi connectivity index (χ4n) is 2.33. The Kier molecular flexibility index (Phi) is 4.92. The Morgan fingerprint density at radius 1 is 1.36 bits per heavy atom. The zero-order chi connectivity index (χ0) is 16.1. The van der Waals surface area contributed by atoms with Gasteiger partial charge in [-0.05, 0) is 18.9 Å². The van der Waals surface area contributed by atoms with Crippen molar-refractivity contribution in [2.24, 2.45) is 0 Å². The average Bonchev–Trinajstić information content (AvgIpc) is 3.06. The largest absolute Gasteiger partial charge is 0.465 e. The monoisotopic (exact) mass is 307 g/mol. The number of nitrogens with zero attached hydrogens (tertiary/aromatic N) is 2. The van der Waals surface area contributed by atoms with E-state index in [0.29, 0.717) is 5.69 Å². The summed E-state index contributed by atoms with van der Waals surface area (Å²) in [6.07, 6.45) is 1.99. The lowest BCUT2D eigenvalue weighted by molar-refractivity contribution is -0.384. The van der Waals surface area contributed by atoms with Gasteiger partial charge in [0.15, 0.2) is 0 Å². The third-order valence-corrected chi connectivity index (χ3v) is 3.51. The third kappa shape index (κ3) is 3.51. The van der Waals surface area contributed by atoms with Gasteiger partial charge in [0.2, 0.25) is 5.91 Å². The summed E-state index contributed by atoms with van der Waals surface area (Å²) < 4.78 is 4.62. The van der Waals surface area contributed by atoms with Crippen LogP contribution in [0.1, 0.15) is 23.2 Å². The van der Waals surface area contributed by atoms with E-state index in [-0.39, 0.29) is 23.7 Å². The van der Waals surface area contributed by atoms with E-state index in [1.807, 2.05) is 0 Å². The van der Waals surface area contributed by atoms with Gasteiger partial charge in [-0.3, -0.25) is 14.9 Å². The van der Waals surface area contributed by atoms with E-state index in [0.717, 1.165) is 32.0 Å². The molecule has 0 spiro atoms. The number of anilines is 1. The molecule has 0 radical (unpaired) electrons. The zero-order valence-corrected chi connectivity index (χ0v) is 12.2. The molecule has 0 bridgehead atoms. The quantitative estimate of drug-likeness (QED) is 0.501. The summed E-state index contributed by atoms with van der Waals surface area (Å²) in [5, 5.41) is 13.6.